The molecule has 0 fully saturated rings. The first-order chi connectivity index (χ1) is 9.47. The summed E-state index contributed by atoms with van der Waals surface area (Å²) in [6.07, 6.45) is 0. The number of anilines is 2. The highest BCUT2D eigenvalue weighted by Gasteiger charge is 2.09. The summed E-state index contributed by atoms with van der Waals surface area (Å²) in [6, 6.07) is 11.8. The zero-order valence-corrected chi connectivity index (χ0v) is 11.8. The van der Waals surface area contributed by atoms with Gasteiger partial charge in [-0.05, 0) is 48.9 Å². The Labute approximate surface area is 118 Å². The number of hydrogen-bond donors (Lipinski definition) is 1. The summed E-state index contributed by atoms with van der Waals surface area (Å²) in [5.41, 5.74) is 2.75. The summed E-state index contributed by atoms with van der Waals surface area (Å²) in [5, 5.41) is 3.26. The molecule has 0 aliphatic heterocycles. The van der Waals surface area contributed by atoms with E-state index < -0.39 is 11.6 Å². The predicted molar refractivity (Wildman–Crippen MR) is 79.2 cm³/mol. The average molecular weight is 276 g/mol. The van der Waals surface area contributed by atoms with Crippen molar-refractivity contribution in [1.29, 1.82) is 0 Å². The molecule has 20 heavy (non-hydrogen) atoms. The van der Waals surface area contributed by atoms with Gasteiger partial charge in [0, 0.05) is 31.5 Å². The van der Waals surface area contributed by atoms with Crippen molar-refractivity contribution in [3.8, 4) is 0 Å². The van der Waals surface area contributed by atoms with E-state index in [2.05, 4.69) is 5.32 Å². The number of hydrogen-bond acceptors (Lipinski definition) is 2. The Bertz CT molecular complexity index is 580. The number of rotatable bonds is 4. The molecule has 0 radical (unpaired) electrons. The maximum atomic E-state index is 13.2. The van der Waals surface area contributed by atoms with E-state index in [4.69, 9.17) is 0 Å². The third-order valence-corrected chi connectivity index (χ3v) is 3.21. The van der Waals surface area contributed by atoms with Gasteiger partial charge in [0.15, 0.2) is 11.6 Å². The van der Waals surface area contributed by atoms with E-state index in [1.165, 1.54) is 6.07 Å². The molecule has 4 heteroatoms. The summed E-state index contributed by atoms with van der Waals surface area (Å²) in [5.74, 6) is -1.64. The van der Waals surface area contributed by atoms with Gasteiger partial charge >= 0.3 is 0 Å². The fourth-order valence-corrected chi connectivity index (χ4v) is 1.97. The molecule has 0 heterocycles. The van der Waals surface area contributed by atoms with Crippen LogP contribution in [0.25, 0.3) is 0 Å². The van der Waals surface area contributed by atoms with Gasteiger partial charge in [0.2, 0.25) is 0 Å². The summed E-state index contributed by atoms with van der Waals surface area (Å²) in [4.78, 5) is 2.02. The molecule has 0 aromatic heterocycles. The number of benzene rings is 2. The fourth-order valence-electron chi connectivity index (χ4n) is 1.97. The maximum absolute atomic E-state index is 13.2. The van der Waals surface area contributed by atoms with Crippen LogP contribution in [-0.2, 0) is 0 Å². The smallest absolute Gasteiger partial charge is 0.159 e. The minimum absolute atomic E-state index is 0.102. The number of nitrogens with zero attached hydrogens (tertiary/aromatic N) is 1. The van der Waals surface area contributed by atoms with Crippen LogP contribution in [0.3, 0.4) is 0 Å². The van der Waals surface area contributed by atoms with E-state index in [1.54, 1.807) is 6.07 Å². The summed E-state index contributed by atoms with van der Waals surface area (Å²) >= 11 is 0. The number of halogens is 2. The molecule has 0 spiro atoms. The normalized spacial score (nSPS) is 12.1. The Balaban J connectivity index is 2.10. The van der Waals surface area contributed by atoms with Crippen molar-refractivity contribution in [2.75, 3.05) is 24.3 Å². The summed E-state index contributed by atoms with van der Waals surface area (Å²) < 4.78 is 26.1. The minimum Gasteiger partial charge on any atom is -0.379 e. The van der Waals surface area contributed by atoms with Crippen LogP contribution in [-0.4, -0.2) is 14.1 Å². The maximum Gasteiger partial charge on any atom is 0.159 e. The largest absolute Gasteiger partial charge is 0.379 e. The lowest BCUT2D eigenvalue weighted by Crippen LogP contribution is -2.09. The Morgan fingerprint density at radius 1 is 0.950 bits per heavy atom. The quantitative estimate of drug-likeness (QED) is 0.900. The molecular formula is C16H18F2N2. The highest BCUT2D eigenvalue weighted by Crippen LogP contribution is 2.22. The van der Waals surface area contributed by atoms with Gasteiger partial charge in [-0.25, -0.2) is 8.78 Å². The lowest BCUT2D eigenvalue weighted by atomic mass is 10.1. The van der Waals surface area contributed by atoms with Gasteiger partial charge < -0.3 is 10.2 Å². The van der Waals surface area contributed by atoms with E-state index in [0.717, 1.165) is 17.4 Å². The van der Waals surface area contributed by atoms with E-state index in [9.17, 15) is 8.78 Å². The lowest BCUT2D eigenvalue weighted by molar-refractivity contribution is 0.506. The number of nitrogens with one attached hydrogen (secondary N) is 1. The van der Waals surface area contributed by atoms with Gasteiger partial charge in [-0.2, -0.15) is 0 Å². The van der Waals surface area contributed by atoms with Crippen molar-refractivity contribution in [3.05, 3.63) is 59.7 Å². The first kappa shape index (κ1) is 14.3. The highest BCUT2D eigenvalue weighted by molar-refractivity contribution is 5.55. The zero-order chi connectivity index (χ0) is 14.7. The topological polar surface area (TPSA) is 15.3 Å². The van der Waals surface area contributed by atoms with Crippen LogP contribution >= 0.6 is 0 Å². The second-order valence-electron chi connectivity index (χ2n) is 4.98. The molecule has 0 amide bonds. The molecular weight excluding hydrogens is 258 g/mol. The van der Waals surface area contributed by atoms with Crippen LogP contribution in [0.5, 0.6) is 0 Å². The monoisotopic (exact) mass is 276 g/mol. The molecule has 1 N–H and O–H groups in total. The Hall–Kier alpha value is -2.10. The molecule has 2 aromatic rings. The van der Waals surface area contributed by atoms with Crippen LogP contribution in [0.2, 0.25) is 0 Å². The van der Waals surface area contributed by atoms with Gasteiger partial charge in [-0.3, -0.25) is 0 Å². The van der Waals surface area contributed by atoms with Crippen LogP contribution < -0.4 is 10.2 Å². The van der Waals surface area contributed by atoms with Crippen molar-refractivity contribution >= 4 is 11.4 Å². The second-order valence-corrected chi connectivity index (χ2v) is 4.98. The first-order valence-electron chi connectivity index (χ1n) is 6.46. The van der Waals surface area contributed by atoms with Crippen molar-refractivity contribution < 1.29 is 8.78 Å². The van der Waals surface area contributed by atoms with Gasteiger partial charge in [0.1, 0.15) is 0 Å². The minimum atomic E-state index is -0.823. The van der Waals surface area contributed by atoms with Gasteiger partial charge in [0.25, 0.3) is 0 Å². The third-order valence-electron chi connectivity index (χ3n) is 3.21. The molecule has 1 atom stereocenters. The highest BCUT2D eigenvalue weighted by atomic mass is 19.2. The molecule has 2 rings (SSSR count). The Morgan fingerprint density at radius 3 is 2.15 bits per heavy atom. The van der Waals surface area contributed by atoms with Gasteiger partial charge in [0.05, 0.1) is 0 Å². The molecule has 2 nitrogen and oxygen atoms in total. The molecule has 106 valence electrons. The van der Waals surface area contributed by atoms with Crippen molar-refractivity contribution in [1.82, 2.24) is 0 Å². The van der Waals surface area contributed by atoms with Crippen molar-refractivity contribution in [2.24, 2.45) is 0 Å². The van der Waals surface area contributed by atoms with Crippen LogP contribution in [0, 0.1) is 11.6 Å². The van der Waals surface area contributed by atoms with E-state index in [0.29, 0.717) is 5.56 Å². The Kier molecular flexibility index (Phi) is 4.23. The van der Waals surface area contributed by atoms with Crippen LogP contribution in [0.1, 0.15) is 18.5 Å². The SMILES string of the molecule is CC(Nc1ccc(N(C)C)cc1)c1ccc(F)c(F)c1. The standard InChI is InChI=1S/C16H18F2N2/c1-11(12-4-9-15(17)16(18)10-12)19-13-5-7-14(8-6-13)20(2)3/h4-11,19H,1-3H3. The summed E-state index contributed by atoms with van der Waals surface area (Å²) in [7, 11) is 3.96. The fraction of sp³-hybridized carbons (Fsp3) is 0.250. The zero-order valence-electron chi connectivity index (χ0n) is 11.8. The third kappa shape index (κ3) is 3.26. The van der Waals surface area contributed by atoms with Gasteiger partial charge in [-0.1, -0.05) is 6.07 Å². The van der Waals surface area contributed by atoms with E-state index in [-0.39, 0.29) is 6.04 Å². The van der Waals surface area contributed by atoms with E-state index >= 15 is 0 Å². The lowest BCUT2D eigenvalue weighted by Gasteiger charge is -2.17. The van der Waals surface area contributed by atoms with Crippen molar-refractivity contribution in [3.63, 3.8) is 0 Å². The molecule has 0 aliphatic rings. The molecule has 1 unspecified atom stereocenters. The van der Waals surface area contributed by atoms with E-state index in [1.807, 2.05) is 50.2 Å². The second kappa shape index (κ2) is 5.90. The molecule has 0 saturated carbocycles. The van der Waals surface area contributed by atoms with Gasteiger partial charge in [-0.15, -0.1) is 0 Å². The Morgan fingerprint density at radius 2 is 1.60 bits per heavy atom. The van der Waals surface area contributed by atoms with Crippen molar-refractivity contribution in [2.45, 2.75) is 13.0 Å². The predicted octanol–water partition coefficient (Wildman–Crippen LogP) is 4.20. The molecule has 0 saturated heterocycles. The van der Waals surface area contributed by atoms with Crippen LogP contribution in [0.15, 0.2) is 42.5 Å². The van der Waals surface area contributed by atoms with Crippen LogP contribution in [0.4, 0.5) is 20.2 Å². The molecule has 0 bridgehead atoms. The first-order valence-corrected chi connectivity index (χ1v) is 6.46. The summed E-state index contributed by atoms with van der Waals surface area (Å²) in [6.45, 7) is 1.91. The average Bonchev–Trinajstić information content (AvgIpc) is 2.42. The molecule has 0 aliphatic carbocycles. The molecule has 2 aromatic carbocycles.